The summed E-state index contributed by atoms with van der Waals surface area (Å²) >= 11 is 3.28. The number of anilines is 1. The number of hydrogen-bond donors (Lipinski definition) is 1. The number of carbonyl (C=O) groups excluding carboxylic acids is 1. The summed E-state index contributed by atoms with van der Waals surface area (Å²) in [6.45, 7) is 2.70. The van der Waals surface area contributed by atoms with Crippen molar-refractivity contribution in [2.24, 2.45) is 0 Å². The Labute approximate surface area is 126 Å². The Morgan fingerprint density at radius 3 is 2.90 bits per heavy atom. The molecular formula is C15H15BrN2O2. The maximum atomic E-state index is 12.0. The summed E-state index contributed by atoms with van der Waals surface area (Å²) in [6.07, 6.45) is 2.54. The smallest absolute Gasteiger partial charge is 0.274 e. The van der Waals surface area contributed by atoms with Crippen molar-refractivity contribution in [3.05, 3.63) is 52.8 Å². The Balaban J connectivity index is 2.05. The van der Waals surface area contributed by atoms with E-state index in [0.717, 1.165) is 16.6 Å². The number of rotatable bonds is 5. The van der Waals surface area contributed by atoms with Crippen molar-refractivity contribution in [3.63, 3.8) is 0 Å². The Hall–Kier alpha value is -1.88. The molecule has 1 aromatic carbocycles. The molecule has 0 aliphatic rings. The zero-order chi connectivity index (χ0) is 14.4. The number of aromatic nitrogens is 1. The Morgan fingerprint density at radius 2 is 2.20 bits per heavy atom. The van der Waals surface area contributed by atoms with Crippen LogP contribution in [0.15, 0.2) is 47.1 Å². The van der Waals surface area contributed by atoms with Gasteiger partial charge in [-0.1, -0.05) is 13.0 Å². The van der Waals surface area contributed by atoms with Gasteiger partial charge in [0.15, 0.2) is 0 Å². The van der Waals surface area contributed by atoms with Crippen LogP contribution in [0.3, 0.4) is 0 Å². The zero-order valence-corrected chi connectivity index (χ0v) is 12.7. The normalized spacial score (nSPS) is 10.1. The number of benzene rings is 1. The molecule has 0 saturated carbocycles. The molecule has 1 amide bonds. The highest BCUT2D eigenvalue weighted by Gasteiger charge is 2.07. The van der Waals surface area contributed by atoms with Gasteiger partial charge >= 0.3 is 0 Å². The molecule has 0 aliphatic heterocycles. The molecule has 0 fully saturated rings. The first-order valence-corrected chi connectivity index (χ1v) is 7.14. The summed E-state index contributed by atoms with van der Waals surface area (Å²) in [6, 6.07) is 10.8. The summed E-state index contributed by atoms with van der Waals surface area (Å²) in [5.41, 5.74) is 1.06. The van der Waals surface area contributed by atoms with Crippen LogP contribution in [0.5, 0.6) is 5.75 Å². The molecule has 0 bridgehead atoms. The molecule has 2 aromatic rings. The van der Waals surface area contributed by atoms with Crippen LogP contribution >= 0.6 is 15.9 Å². The van der Waals surface area contributed by atoms with Gasteiger partial charge in [-0.25, -0.2) is 4.98 Å². The standard InChI is InChI=1S/C15H15BrN2O2/c1-2-8-20-13-5-3-4-12(9-13)18-15(19)14-7-6-11(16)10-17-14/h3-7,9-10H,2,8H2,1H3,(H,18,19). The molecule has 1 N–H and O–H groups in total. The van der Waals surface area contributed by atoms with Crippen LogP contribution in [0.4, 0.5) is 5.69 Å². The van der Waals surface area contributed by atoms with Gasteiger partial charge in [-0.05, 0) is 46.6 Å². The highest BCUT2D eigenvalue weighted by molar-refractivity contribution is 9.10. The Morgan fingerprint density at radius 1 is 1.35 bits per heavy atom. The fraction of sp³-hybridized carbons (Fsp3) is 0.200. The number of ether oxygens (including phenoxy) is 1. The maximum absolute atomic E-state index is 12.0. The second-order valence-electron chi connectivity index (χ2n) is 4.19. The number of halogens is 1. The highest BCUT2D eigenvalue weighted by Crippen LogP contribution is 2.18. The molecule has 2 rings (SSSR count). The molecule has 0 unspecified atom stereocenters. The van der Waals surface area contributed by atoms with Crippen molar-refractivity contribution in [2.45, 2.75) is 13.3 Å². The molecule has 20 heavy (non-hydrogen) atoms. The van der Waals surface area contributed by atoms with E-state index in [1.807, 2.05) is 25.1 Å². The number of nitrogens with one attached hydrogen (secondary N) is 1. The van der Waals surface area contributed by atoms with E-state index in [0.29, 0.717) is 18.0 Å². The van der Waals surface area contributed by atoms with Crippen LogP contribution in [0, 0.1) is 0 Å². The lowest BCUT2D eigenvalue weighted by Crippen LogP contribution is -2.13. The van der Waals surface area contributed by atoms with E-state index in [1.165, 1.54) is 0 Å². The first-order valence-electron chi connectivity index (χ1n) is 6.35. The van der Waals surface area contributed by atoms with Gasteiger partial charge in [-0.15, -0.1) is 0 Å². The minimum atomic E-state index is -0.245. The first-order chi connectivity index (χ1) is 9.69. The van der Waals surface area contributed by atoms with Crippen molar-refractivity contribution in [2.75, 3.05) is 11.9 Å². The van der Waals surface area contributed by atoms with Gasteiger partial charge in [0.25, 0.3) is 5.91 Å². The van der Waals surface area contributed by atoms with Crippen molar-refractivity contribution >= 4 is 27.5 Å². The number of hydrogen-bond acceptors (Lipinski definition) is 3. The predicted octanol–water partition coefficient (Wildman–Crippen LogP) is 3.89. The van der Waals surface area contributed by atoms with Crippen LogP contribution < -0.4 is 10.1 Å². The second kappa shape index (κ2) is 7.05. The van der Waals surface area contributed by atoms with Crippen LogP contribution in [0.2, 0.25) is 0 Å². The topological polar surface area (TPSA) is 51.2 Å². The molecular weight excluding hydrogens is 320 g/mol. The van der Waals surface area contributed by atoms with Crippen molar-refractivity contribution in [1.29, 1.82) is 0 Å². The average molecular weight is 335 g/mol. The molecule has 0 atom stereocenters. The molecule has 4 nitrogen and oxygen atoms in total. The third kappa shape index (κ3) is 4.06. The van der Waals surface area contributed by atoms with E-state index in [2.05, 4.69) is 26.2 Å². The third-order valence-electron chi connectivity index (χ3n) is 2.52. The molecule has 0 radical (unpaired) electrons. The van der Waals surface area contributed by atoms with Crippen molar-refractivity contribution in [3.8, 4) is 5.75 Å². The lowest BCUT2D eigenvalue weighted by Gasteiger charge is -2.08. The molecule has 1 aromatic heterocycles. The fourth-order valence-corrected chi connectivity index (χ4v) is 1.82. The minimum Gasteiger partial charge on any atom is -0.494 e. The molecule has 0 saturated heterocycles. The molecule has 5 heteroatoms. The number of pyridine rings is 1. The van der Waals surface area contributed by atoms with E-state index >= 15 is 0 Å². The van der Waals surface area contributed by atoms with Crippen LogP contribution in [0.1, 0.15) is 23.8 Å². The van der Waals surface area contributed by atoms with E-state index in [-0.39, 0.29) is 5.91 Å². The van der Waals surface area contributed by atoms with Gasteiger partial charge < -0.3 is 10.1 Å². The fourth-order valence-electron chi connectivity index (χ4n) is 1.59. The van der Waals surface area contributed by atoms with Crippen molar-refractivity contribution < 1.29 is 9.53 Å². The average Bonchev–Trinajstić information content (AvgIpc) is 2.46. The monoisotopic (exact) mass is 334 g/mol. The van der Waals surface area contributed by atoms with Gasteiger partial charge in [-0.2, -0.15) is 0 Å². The number of amides is 1. The molecule has 0 aliphatic carbocycles. The first kappa shape index (κ1) is 14.5. The lowest BCUT2D eigenvalue weighted by atomic mass is 10.2. The van der Waals surface area contributed by atoms with E-state index < -0.39 is 0 Å². The van der Waals surface area contributed by atoms with Gasteiger partial charge in [0.1, 0.15) is 11.4 Å². The van der Waals surface area contributed by atoms with E-state index in [4.69, 9.17) is 4.74 Å². The summed E-state index contributed by atoms with van der Waals surface area (Å²) < 4.78 is 6.36. The van der Waals surface area contributed by atoms with Crippen molar-refractivity contribution in [1.82, 2.24) is 4.98 Å². The van der Waals surface area contributed by atoms with Crippen LogP contribution in [0.25, 0.3) is 0 Å². The third-order valence-corrected chi connectivity index (χ3v) is 2.99. The molecule has 0 spiro atoms. The van der Waals surface area contributed by atoms with E-state index in [1.54, 1.807) is 24.4 Å². The summed E-state index contributed by atoms with van der Waals surface area (Å²) in [5, 5.41) is 2.80. The van der Waals surface area contributed by atoms with Crippen LogP contribution in [-0.2, 0) is 0 Å². The SMILES string of the molecule is CCCOc1cccc(NC(=O)c2ccc(Br)cn2)c1. The Kier molecular flexibility index (Phi) is 5.12. The summed E-state index contributed by atoms with van der Waals surface area (Å²) in [7, 11) is 0. The van der Waals surface area contributed by atoms with Gasteiger partial charge in [-0.3, -0.25) is 4.79 Å². The highest BCUT2D eigenvalue weighted by atomic mass is 79.9. The Bertz CT molecular complexity index is 585. The zero-order valence-electron chi connectivity index (χ0n) is 11.1. The van der Waals surface area contributed by atoms with E-state index in [9.17, 15) is 4.79 Å². The predicted molar refractivity (Wildman–Crippen MR) is 82.1 cm³/mol. The maximum Gasteiger partial charge on any atom is 0.274 e. The second-order valence-corrected chi connectivity index (χ2v) is 5.11. The van der Waals surface area contributed by atoms with Crippen LogP contribution in [-0.4, -0.2) is 17.5 Å². The number of nitrogens with zero attached hydrogens (tertiary/aromatic N) is 1. The molecule has 104 valence electrons. The quantitative estimate of drug-likeness (QED) is 0.902. The largest absolute Gasteiger partial charge is 0.494 e. The minimum absolute atomic E-state index is 0.245. The van der Waals surface area contributed by atoms with Gasteiger partial charge in [0, 0.05) is 22.4 Å². The summed E-state index contributed by atoms with van der Waals surface area (Å²) in [5.74, 6) is 0.499. The van der Waals surface area contributed by atoms with Gasteiger partial charge in [0.2, 0.25) is 0 Å². The van der Waals surface area contributed by atoms with Gasteiger partial charge in [0.05, 0.1) is 6.61 Å². The lowest BCUT2D eigenvalue weighted by molar-refractivity contribution is 0.102. The summed E-state index contributed by atoms with van der Waals surface area (Å²) in [4.78, 5) is 16.1. The number of carbonyl (C=O) groups is 1. The molecule has 1 heterocycles.